The highest BCUT2D eigenvalue weighted by Crippen LogP contribution is 2.43. The van der Waals surface area contributed by atoms with Crippen LogP contribution >= 0.6 is 7.82 Å². The van der Waals surface area contributed by atoms with Crippen LogP contribution in [0.5, 0.6) is 0 Å². The van der Waals surface area contributed by atoms with Gasteiger partial charge in [-0.25, -0.2) is 4.57 Å². The van der Waals surface area contributed by atoms with Crippen molar-refractivity contribution < 1.29 is 37.6 Å². The van der Waals surface area contributed by atoms with Gasteiger partial charge in [0.1, 0.15) is 25.9 Å². The number of unbranched alkanes of at least 4 members (excludes halogenated alkanes) is 3. The molecule has 0 radical (unpaired) electrons. The molecule has 0 aliphatic carbocycles. The standard InChI is InChI=1S/C21H40NO7P/c1-5-6-7-8-9-10-11-12-13-14-15-21(24)27-18-20(23)19-29-30(25,26)28-17-16-22(2,3)4/h9-10,12-13,20,23H,5-8,11,14-19H2,1-4H3/p+1/b10-9-,13-12?. The molecule has 9 heteroatoms. The van der Waals surface area contributed by atoms with Gasteiger partial charge >= 0.3 is 13.8 Å². The maximum atomic E-state index is 11.7. The van der Waals surface area contributed by atoms with E-state index in [4.69, 9.17) is 13.8 Å². The number of carbonyl (C=O) groups is 1. The predicted molar refractivity (Wildman–Crippen MR) is 118 cm³/mol. The Morgan fingerprint density at radius 3 is 2.33 bits per heavy atom. The number of quaternary nitrogens is 1. The molecule has 2 atom stereocenters. The second-order valence-corrected chi connectivity index (χ2v) is 9.61. The summed E-state index contributed by atoms with van der Waals surface area (Å²) < 4.78 is 26.8. The van der Waals surface area contributed by atoms with Crippen molar-refractivity contribution >= 4 is 13.8 Å². The van der Waals surface area contributed by atoms with E-state index < -0.39 is 26.5 Å². The van der Waals surface area contributed by atoms with E-state index in [1.807, 2.05) is 33.3 Å². The summed E-state index contributed by atoms with van der Waals surface area (Å²) in [6.45, 7) is 1.99. The fraction of sp³-hybridized carbons (Fsp3) is 0.762. The Hall–Kier alpha value is -1.02. The van der Waals surface area contributed by atoms with Crippen LogP contribution < -0.4 is 0 Å². The Morgan fingerprint density at radius 2 is 1.70 bits per heavy atom. The fourth-order valence-corrected chi connectivity index (χ4v) is 2.92. The highest BCUT2D eigenvalue weighted by molar-refractivity contribution is 7.47. The normalized spacial score (nSPS) is 15.5. The van der Waals surface area contributed by atoms with Gasteiger partial charge in [-0.3, -0.25) is 13.8 Å². The van der Waals surface area contributed by atoms with E-state index in [0.29, 0.717) is 17.4 Å². The van der Waals surface area contributed by atoms with Crippen LogP contribution in [-0.2, 0) is 23.1 Å². The molecule has 0 spiro atoms. The van der Waals surface area contributed by atoms with Crippen molar-refractivity contribution in [3.05, 3.63) is 24.3 Å². The van der Waals surface area contributed by atoms with E-state index in [9.17, 15) is 19.4 Å². The molecule has 176 valence electrons. The molecule has 0 bridgehead atoms. The van der Waals surface area contributed by atoms with Gasteiger partial charge in [-0.15, -0.1) is 0 Å². The summed E-state index contributed by atoms with van der Waals surface area (Å²) in [7, 11) is 1.53. The largest absolute Gasteiger partial charge is 0.472 e. The van der Waals surface area contributed by atoms with Gasteiger partial charge in [-0.05, 0) is 25.7 Å². The summed E-state index contributed by atoms with van der Waals surface area (Å²) in [5.74, 6) is -0.444. The van der Waals surface area contributed by atoms with Crippen LogP contribution in [0.25, 0.3) is 0 Å². The molecule has 0 fully saturated rings. The van der Waals surface area contributed by atoms with E-state index in [2.05, 4.69) is 19.1 Å². The van der Waals surface area contributed by atoms with Crippen LogP contribution in [0.3, 0.4) is 0 Å². The van der Waals surface area contributed by atoms with E-state index in [1.165, 1.54) is 19.3 Å². The molecule has 0 aromatic rings. The minimum absolute atomic E-state index is 0.0462. The van der Waals surface area contributed by atoms with Gasteiger partial charge in [-0.1, -0.05) is 44.1 Å². The summed E-state index contributed by atoms with van der Waals surface area (Å²) in [5.41, 5.74) is 0. The molecular formula is C21H41NO7P+. The SMILES string of the molecule is CCCCC/C=C\CC=CCCC(=O)OCC(O)COP(=O)(O)OCC[N+](C)(C)C. The van der Waals surface area contributed by atoms with Gasteiger partial charge in [-0.2, -0.15) is 0 Å². The quantitative estimate of drug-likeness (QED) is 0.108. The summed E-state index contributed by atoms with van der Waals surface area (Å²) in [4.78, 5) is 21.2. The first-order valence-electron chi connectivity index (χ1n) is 10.6. The minimum Gasteiger partial charge on any atom is -0.463 e. The average molecular weight is 451 g/mol. The summed E-state index contributed by atoms with van der Waals surface area (Å²) in [6.07, 6.45) is 13.4. The highest BCUT2D eigenvalue weighted by atomic mass is 31.2. The van der Waals surface area contributed by atoms with Gasteiger partial charge in [0.2, 0.25) is 0 Å². The fourth-order valence-electron chi connectivity index (χ4n) is 2.18. The van der Waals surface area contributed by atoms with E-state index in [-0.39, 0.29) is 19.6 Å². The number of allylic oxidation sites excluding steroid dienone is 4. The van der Waals surface area contributed by atoms with Crippen LogP contribution in [0.1, 0.15) is 51.9 Å². The van der Waals surface area contributed by atoms with Gasteiger partial charge in [0, 0.05) is 6.42 Å². The van der Waals surface area contributed by atoms with Crippen molar-refractivity contribution in [2.75, 3.05) is 47.5 Å². The van der Waals surface area contributed by atoms with Crippen LogP contribution in [0, 0.1) is 0 Å². The monoisotopic (exact) mass is 450 g/mol. The molecule has 30 heavy (non-hydrogen) atoms. The number of aliphatic hydroxyl groups excluding tert-OH is 1. The van der Waals surface area contributed by atoms with Gasteiger partial charge in [0.15, 0.2) is 0 Å². The highest BCUT2D eigenvalue weighted by Gasteiger charge is 2.24. The van der Waals surface area contributed by atoms with Crippen molar-refractivity contribution in [2.45, 2.75) is 58.0 Å². The smallest absolute Gasteiger partial charge is 0.463 e. The number of aliphatic hydroxyl groups is 1. The lowest BCUT2D eigenvalue weighted by molar-refractivity contribution is -0.870. The number of rotatable bonds is 18. The molecule has 0 aliphatic heterocycles. The maximum Gasteiger partial charge on any atom is 0.472 e. The number of ether oxygens (including phenoxy) is 1. The molecule has 2 N–H and O–H groups in total. The second-order valence-electron chi connectivity index (χ2n) is 8.16. The number of likely N-dealkylation sites (N-methyl/N-ethyl adjacent to an activating group) is 1. The van der Waals surface area contributed by atoms with Crippen molar-refractivity contribution in [3.8, 4) is 0 Å². The molecule has 0 amide bonds. The molecule has 8 nitrogen and oxygen atoms in total. The molecule has 0 rings (SSSR count). The zero-order valence-electron chi connectivity index (χ0n) is 19.0. The average Bonchev–Trinajstić information content (AvgIpc) is 2.65. The zero-order chi connectivity index (χ0) is 22.9. The molecule has 0 aliphatic rings. The van der Waals surface area contributed by atoms with Crippen LogP contribution in [0.15, 0.2) is 24.3 Å². The van der Waals surface area contributed by atoms with Crippen LogP contribution in [0.4, 0.5) is 0 Å². The third-order valence-electron chi connectivity index (χ3n) is 3.98. The first-order valence-corrected chi connectivity index (χ1v) is 12.1. The summed E-state index contributed by atoms with van der Waals surface area (Å²) >= 11 is 0. The molecule has 0 heterocycles. The Kier molecular flexibility index (Phi) is 16.1. The Morgan fingerprint density at radius 1 is 1.03 bits per heavy atom. The Balaban J connectivity index is 3.82. The molecule has 2 unspecified atom stereocenters. The minimum atomic E-state index is -4.24. The number of nitrogens with zero attached hydrogens (tertiary/aromatic N) is 1. The van der Waals surface area contributed by atoms with Crippen molar-refractivity contribution in [2.24, 2.45) is 0 Å². The van der Waals surface area contributed by atoms with Crippen molar-refractivity contribution in [3.63, 3.8) is 0 Å². The van der Waals surface area contributed by atoms with Gasteiger partial charge in [0.05, 0.1) is 27.7 Å². The lowest BCUT2D eigenvalue weighted by Crippen LogP contribution is -2.37. The molecule has 0 saturated heterocycles. The number of carbonyl (C=O) groups excluding carboxylic acids is 1. The van der Waals surface area contributed by atoms with E-state index in [0.717, 1.165) is 12.8 Å². The first-order chi connectivity index (χ1) is 14.1. The second kappa shape index (κ2) is 16.6. The Bertz CT molecular complexity index is 558. The van der Waals surface area contributed by atoms with Crippen LogP contribution in [0.2, 0.25) is 0 Å². The lowest BCUT2D eigenvalue weighted by Gasteiger charge is -2.24. The van der Waals surface area contributed by atoms with Crippen molar-refractivity contribution in [1.29, 1.82) is 0 Å². The lowest BCUT2D eigenvalue weighted by atomic mass is 10.2. The molecule has 0 saturated carbocycles. The van der Waals surface area contributed by atoms with E-state index in [1.54, 1.807) is 0 Å². The summed E-state index contributed by atoms with van der Waals surface area (Å²) in [5, 5.41) is 9.75. The topological polar surface area (TPSA) is 102 Å². The van der Waals surface area contributed by atoms with Crippen molar-refractivity contribution in [1.82, 2.24) is 0 Å². The maximum absolute atomic E-state index is 11.7. The third-order valence-corrected chi connectivity index (χ3v) is 4.96. The number of esters is 1. The molecule has 0 aromatic heterocycles. The van der Waals surface area contributed by atoms with Crippen LogP contribution in [-0.4, -0.2) is 74.1 Å². The number of hydrogen-bond donors (Lipinski definition) is 2. The van der Waals surface area contributed by atoms with Gasteiger partial charge < -0.3 is 19.2 Å². The zero-order valence-corrected chi connectivity index (χ0v) is 19.9. The first kappa shape index (κ1) is 29.0. The number of phosphoric ester groups is 1. The Labute approximate surface area is 181 Å². The number of phosphoric acid groups is 1. The summed E-state index contributed by atoms with van der Waals surface area (Å²) in [6, 6.07) is 0. The predicted octanol–water partition coefficient (Wildman–Crippen LogP) is 3.59. The molecular weight excluding hydrogens is 409 g/mol. The van der Waals surface area contributed by atoms with E-state index >= 15 is 0 Å². The third kappa shape index (κ3) is 20.3. The number of hydrogen-bond acceptors (Lipinski definition) is 6. The molecule has 0 aromatic carbocycles. The van der Waals surface area contributed by atoms with Gasteiger partial charge in [0.25, 0.3) is 0 Å².